The zero-order valence-electron chi connectivity index (χ0n) is 9.83. The first-order valence-corrected chi connectivity index (χ1v) is 5.58. The average molecular weight is 201 g/mol. The summed E-state index contributed by atoms with van der Waals surface area (Å²) < 4.78 is 0. The van der Waals surface area contributed by atoms with Crippen LogP contribution in [0.2, 0.25) is 0 Å². The molecule has 0 saturated carbocycles. The van der Waals surface area contributed by atoms with Crippen LogP contribution >= 0.6 is 0 Å². The van der Waals surface area contributed by atoms with Crippen LogP contribution in [0.15, 0.2) is 30.3 Å². The van der Waals surface area contributed by atoms with E-state index in [1.165, 1.54) is 0 Å². The predicted molar refractivity (Wildman–Crippen MR) is 65.7 cm³/mol. The summed E-state index contributed by atoms with van der Waals surface area (Å²) in [7, 11) is 0. The molecule has 0 saturated heterocycles. The molecule has 1 aromatic carbocycles. The Kier molecular flexibility index (Phi) is 4.93. The van der Waals surface area contributed by atoms with Crippen LogP contribution < -0.4 is 0 Å². The molecule has 1 rings (SSSR count). The quantitative estimate of drug-likeness (QED) is 0.680. The maximum atomic E-state index is 3.28. The Morgan fingerprint density at radius 3 is 2.27 bits per heavy atom. The zero-order chi connectivity index (χ0) is 11.1. The van der Waals surface area contributed by atoms with Crippen molar-refractivity contribution in [1.29, 1.82) is 0 Å². The molecule has 0 heterocycles. The van der Waals surface area contributed by atoms with Gasteiger partial charge in [0.15, 0.2) is 0 Å². The molecule has 1 atom stereocenters. The molecule has 0 aliphatic rings. The van der Waals surface area contributed by atoms with E-state index in [4.69, 9.17) is 0 Å². The maximum absolute atomic E-state index is 3.28. The SMILES string of the molecule is CCN(CC)C(C)C#Cc1ccccc1. The molecule has 1 heteroatoms. The van der Waals surface area contributed by atoms with E-state index in [1.54, 1.807) is 0 Å². The van der Waals surface area contributed by atoms with Gasteiger partial charge in [-0.05, 0) is 32.1 Å². The minimum Gasteiger partial charge on any atom is -0.291 e. The third-order valence-electron chi connectivity index (χ3n) is 2.56. The van der Waals surface area contributed by atoms with Crippen molar-refractivity contribution in [3.63, 3.8) is 0 Å². The highest BCUT2D eigenvalue weighted by Gasteiger charge is 2.05. The minimum absolute atomic E-state index is 0.334. The topological polar surface area (TPSA) is 3.24 Å². The number of benzene rings is 1. The molecule has 0 aromatic heterocycles. The molecular formula is C14H19N. The fourth-order valence-electron chi connectivity index (χ4n) is 1.57. The molecule has 1 nitrogen and oxygen atoms in total. The third kappa shape index (κ3) is 3.77. The molecular weight excluding hydrogens is 182 g/mol. The van der Waals surface area contributed by atoms with Gasteiger partial charge in [-0.15, -0.1) is 0 Å². The van der Waals surface area contributed by atoms with E-state index in [1.807, 2.05) is 30.3 Å². The number of hydrogen-bond acceptors (Lipinski definition) is 1. The molecule has 0 radical (unpaired) electrons. The number of rotatable bonds is 3. The molecule has 1 unspecified atom stereocenters. The molecule has 0 fully saturated rings. The first-order chi connectivity index (χ1) is 7.27. The van der Waals surface area contributed by atoms with Gasteiger partial charge in [0, 0.05) is 5.56 Å². The number of hydrogen-bond donors (Lipinski definition) is 0. The van der Waals surface area contributed by atoms with Gasteiger partial charge in [-0.2, -0.15) is 0 Å². The van der Waals surface area contributed by atoms with Gasteiger partial charge < -0.3 is 0 Å². The fourth-order valence-corrected chi connectivity index (χ4v) is 1.57. The second kappa shape index (κ2) is 6.27. The summed E-state index contributed by atoms with van der Waals surface area (Å²) in [5.74, 6) is 6.48. The third-order valence-corrected chi connectivity index (χ3v) is 2.56. The van der Waals surface area contributed by atoms with Gasteiger partial charge in [-0.25, -0.2) is 0 Å². The Hall–Kier alpha value is -1.26. The van der Waals surface area contributed by atoms with Crippen molar-refractivity contribution in [3.05, 3.63) is 35.9 Å². The highest BCUT2D eigenvalue weighted by atomic mass is 15.1. The van der Waals surface area contributed by atoms with Crippen LogP contribution in [-0.2, 0) is 0 Å². The van der Waals surface area contributed by atoms with Crippen molar-refractivity contribution in [2.75, 3.05) is 13.1 Å². The average Bonchev–Trinajstić information content (AvgIpc) is 2.29. The second-order valence-corrected chi connectivity index (χ2v) is 3.53. The van der Waals surface area contributed by atoms with E-state index >= 15 is 0 Å². The van der Waals surface area contributed by atoms with Crippen molar-refractivity contribution in [2.45, 2.75) is 26.8 Å². The van der Waals surface area contributed by atoms with E-state index in [-0.39, 0.29) is 0 Å². The molecule has 0 amide bonds. The van der Waals surface area contributed by atoms with Crippen LogP contribution in [0, 0.1) is 11.8 Å². The normalized spacial score (nSPS) is 12.0. The highest BCUT2D eigenvalue weighted by molar-refractivity contribution is 5.34. The van der Waals surface area contributed by atoms with Gasteiger partial charge >= 0.3 is 0 Å². The molecule has 0 N–H and O–H groups in total. The van der Waals surface area contributed by atoms with Crippen LogP contribution in [0.5, 0.6) is 0 Å². The van der Waals surface area contributed by atoms with Crippen molar-refractivity contribution < 1.29 is 0 Å². The Bertz CT molecular complexity index is 327. The fraction of sp³-hybridized carbons (Fsp3) is 0.429. The van der Waals surface area contributed by atoms with E-state index in [0.717, 1.165) is 18.7 Å². The molecule has 0 spiro atoms. The van der Waals surface area contributed by atoms with Crippen molar-refractivity contribution >= 4 is 0 Å². The van der Waals surface area contributed by atoms with Gasteiger partial charge in [0.1, 0.15) is 0 Å². The van der Waals surface area contributed by atoms with E-state index < -0.39 is 0 Å². The molecule has 1 aromatic rings. The largest absolute Gasteiger partial charge is 0.291 e. The lowest BCUT2D eigenvalue weighted by molar-refractivity contribution is 0.275. The van der Waals surface area contributed by atoms with E-state index in [9.17, 15) is 0 Å². The number of nitrogens with zero attached hydrogens (tertiary/aromatic N) is 1. The monoisotopic (exact) mass is 201 g/mol. The summed E-state index contributed by atoms with van der Waals surface area (Å²) in [6.45, 7) is 8.61. The Morgan fingerprint density at radius 2 is 1.73 bits per heavy atom. The van der Waals surface area contributed by atoms with Crippen LogP contribution in [0.25, 0.3) is 0 Å². The molecule has 0 bridgehead atoms. The first-order valence-electron chi connectivity index (χ1n) is 5.58. The van der Waals surface area contributed by atoms with Gasteiger partial charge in [0.25, 0.3) is 0 Å². The van der Waals surface area contributed by atoms with Gasteiger partial charge in [0.05, 0.1) is 6.04 Å². The summed E-state index contributed by atoms with van der Waals surface area (Å²) in [6.07, 6.45) is 0. The lowest BCUT2D eigenvalue weighted by Gasteiger charge is -2.21. The maximum Gasteiger partial charge on any atom is 0.0689 e. The Balaban J connectivity index is 2.65. The van der Waals surface area contributed by atoms with E-state index in [2.05, 4.69) is 37.5 Å². The summed E-state index contributed by atoms with van der Waals surface area (Å²) in [5, 5.41) is 0. The van der Waals surface area contributed by atoms with Gasteiger partial charge in [-0.3, -0.25) is 4.90 Å². The first kappa shape index (κ1) is 11.8. The molecule has 80 valence electrons. The summed E-state index contributed by atoms with van der Waals surface area (Å²) in [5.41, 5.74) is 1.09. The van der Waals surface area contributed by atoms with Crippen molar-refractivity contribution in [3.8, 4) is 11.8 Å². The molecule has 0 aliphatic heterocycles. The lowest BCUT2D eigenvalue weighted by Crippen LogP contribution is -2.31. The summed E-state index contributed by atoms with van der Waals surface area (Å²) in [4.78, 5) is 2.34. The second-order valence-electron chi connectivity index (χ2n) is 3.53. The predicted octanol–water partition coefficient (Wildman–Crippen LogP) is 2.77. The highest BCUT2D eigenvalue weighted by Crippen LogP contribution is 1.99. The molecule has 0 aliphatic carbocycles. The minimum atomic E-state index is 0.334. The summed E-state index contributed by atoms with van der Waals surface area (Å²) >= 11 is 0. The standard InChI is InChI=1S/C14H19N/c1-4-15(5-2)13(3)11-12-14-9-7-6-8-10-14/h6-10,13H,4-5H2,1-3H3. The van der Waals surface area contributed by atoms with E-state index in [0.29, 0.717) is 6.04 Å². The van der Waals surface area contributed by atoms with Gasteiger partial charge in [0.2, 0.25) is 0 Å². The Morgan fingerprint density at radius 1 is 1.13 bits per heavy atom. The summed E-state index contributed by atoms with van der Waals surface area (Å²) in [6, 6.07) is 10.5. The van der Waals surface area contributed by atoms with Crippen molar-refractivity contribution in [2.24, 2.45) is 0 Å². The smallest absolute Gasteiger partial charge is 0.0689 e. The van der Waals surface area contributed by atoms with Crippen LogP contribution in [-0.4, -0.2) is 24.0 Å². The Labute approximate surface area is 93.1 Å². The van der Waals surface area contributed by atoms with Gasteiger partial charge in [-0.1, -0.05) is 43.9 Å². The van der Waals surface area contributed by atoms with Crippen molar-refractivity contribution in [1.82, 2.24) is 4.90 Å². The zero-order valence-corrected chi connectivity index (χ0v) is 9.83. The van der Waals surface area contributed by atoms with Crippen LogP contribution in [0.4, 0.5) is 0 Å². The van der Waals surface area contributed by atoms with Crippen LogP contribution in [0.3, 0.4) is 0 Å². The van der Waals surface area contributed by atoms with Crippen LogP contribution in [0.1, 0.15) is 26.3 Å². The molecule has 15 heavy (non-hydrogen) atoms. The lowest BCUT2D eigenvalue weighted by atomic mass is 10.2.